The number of carboxylic acids is 1. The van der Waals surface area contributed by atoms with E-state index in [0.29, 0.717) is 4.88 Å². The third-order valence-corrected chi connectivity index (χ3v) is 3.92. The Labute approximate surface area is 109 Å². The topological polar surface area (TPSA) is 92.2 Å². The third-order valence-electron chi connectivity index (χ3n) is 3.26. The zero-order valence-corrected chi connectivity index (χ0v) is 10.7. The molecule has 1 saturated carbocycles. The first kappa shape index (κ1) is 12.9. The Morgan fingerprint density at radius 2 is 2.11 bits per heavy atom. The lowest BCUT2D eigenvalue weighted by Crippen LogP contribution is -2.46. The minimum Gasteiger partial charge on any atom is -0.480 e. The molecule has 0 saturated heterocycles. The van der Waals surface area contributed by atoms with E-state index in [1.807, 2.05) is 0 Å². The molecule has 1 heterocycles. The molecule has 1 fully saturated rings. The number of aromatic nitrogens is 2. The van der Waals surface area contributed by atoms with Crippen LogP contribution in [0.3, 0.4) is 0 Å². The Morgan fingerprint density at radius 3 is 2.67 bits per heavy atom. The highest BCUT2D eigenvalue weighted by Gasteiger charge is 2.31. The lowest BCUT2D eigenvalue weighted by atomic mass is 9.84. The van der Waals surface area contributed by atoms with Crippen molar-refractivity contribution in [3.63, 3.8) is 0 Å². The van der Waals surface area contributed by atoms with E-state index < -0.39 is 17.9 Å². The van der Waals surface area contributed by atoms with Crippen LogP contribution in [-0.2, 0) is 4.79 Å². The monoisotopic (exact) mass is 269 g/mol. The van der Waals surface area contributed by atoms with Crippen LogP contribution in [0.15, 0.2) is 6.20 Å². The van der Waals surface area contributed by atoms with Gasteiger partial charge in [-0.05, 0) is 30.3 Å². The van der Waals surface area contributed by atoms with Crippen molar-refractivity contribution in [2.24, 2.45) is 5.92 Å². The quantitative estimate of drug-likeness (QED) is 0.859. The maximum atomic E-state index is 11.8. The summed E-state index contributed by atoms with van der Waals surface area (Å²) in [6.45, 7) is 0. The molecular formula is C11H15N3O3S. The number of nitrogens with one attached hydrogen (secondary N) is 1. The van der Waals surface area contributed by atoms with Crippen LogP contribution in [-0.4, -0.2) is 32.6 Å². The van der Waals surface area contributed by atoms with Gasteiger partial charge in [0.25, 0.3) is 5.91 Å². The molecule has 0 bridgehead atoms. The largest absolute Gasteiger partial charge is 0.480 e. The zero-order valence-electron chi connectivity index (χ0n) is 9.83. The molecule has 2 rings (SSSR count). The molecule has 1 aliphatic carbocycles. The summed E-state index contributed by atoms with van der Waals surface area (Å²) in [7, 11) is 0. The van der Waals surface area contributed by atoms with Gasteiger partial charge in [-0.1, -0.05) is 23.8 Å². The predicted octanol–water partition coefficient (Wildman–Crippen LogP) is 1.30. The van der Waals surface area contributed by atoms with Gasteiger partial charge in [0, 0.05) is 0 Å². The fourth-order valence-corrected chi connectivity index (χ4v) is 2.75. The minimum absolute atomic E-state index is 0.0288. The molecular weight excluding hydrogens is 254 g/mol. The summed E-state index contributed by atoms with van der Waals surface area (Å²) in [5.74, 6) is -1.34. The van der Waals surface area contributed by atoms with E-state index in [0.717, 1.165) is 43.6 Å². The first-order chi connectivity index (χ1) is 8.68. The van der Waals surface area contributed by atoms with Crippen LogP contribution in [0.2, 0.25) is 0 Å². The average molecular weight is 269 g/mol. The van der Waals surface area contributed by atoms with Gasteiger partial charge in [0.05, 0.1) is 6.20 Å². The second-order valence-corrected chi connectivity index (χ2v) is 5.25. The van der Waals surface area contributed by atoms with Crippen molar-refractivity contribution in [1.82, 2.24) is 14.9 Å². The minimum atomic E-state index is -0.965. The Kier molecular flexibility index (Phi) is 4.24. The molecule has 1 atom stereocenters. The fraction of sp³-hybridized carbons (Fsp3) is 0.636. The molecule has 1 unspecified atom stereocenters. The van der Waals surface area contributed by atoms with Crippen LogP contribution < -0.4 is 5.32 Å². The lowest BCUT2D eigenvalue weighted by Gasteiger charge is -2.27. The number of rotatable bonds is 4. The van der Waals surface area contributed by atoms with Crippen molar-refractivity contribution in [2.45, 2.75) is 38.1 Å². The number of hydrogen-bond donors (Lipinski definition) is 2. The van der Waals surface area contributed by atoms with Gasteiger partial charge < -0.3 is 10.4 Å². The van der Waals surface area contributed by atoms with Gasteiger partial charge in [0.15, 0.2) is 0 Å². The molecule has 18 heavy (non-hydrogen) atoms. The van der Waals surface area contributed by atoms with Crippen LogP contribution in [0, 0.1) is 5.92 Å². The number of hydrogen-bond acceptors (Lipinski definition) is 5. The van der Waals surface area contributed by atoms with Crippen LogP contribution in [0.1, 0.15) is 41.8 Å². The SMILES string of the molecule is O=C(NC(C(=O)O)C1CCCCC1)c1cnns1. The number of carbonyl (C=O) groups excluding carboxylic acids is 1. The summed E-state index contributed by atoms with van der Waals surface area (Å²) >= 11 is 0.965. The Balaban J connectivity index is 2.02. The molecule has 0 aromatic carbocycles. The van der Waals surface area contributed by atoms with Crippen molar-refractivity contribution in [1.29, 1.82) is 0 Å². The summed E-state index contributed by atoms with van der Waals surface area (Å²) in [5.41, 5.74) is 0. The molecule has 2 N–H and O–H groups in total. The Bertz CT molecular complexity index is 415. The Hall–Kier alpha value is -1.50. The summed E-state index contributed by atoms with van der Waals surface area (Å²) in [5, 5.41) is 15.4. The zero-order chi connectivity index (χ0) is 13.0. The number of amides is 1. The summed E-state index contributed by atoms with van der Waals surface area (Å²) in [6, 6.07) is -0.806. The van der Waals surface area contributed by atoms with Crippen molar-refractivity contribution < 1.29 is 14.7 Å². The van der Waals surface area contributed by atoms with E-state index in [-0.39, 0.29) is 5.92 Å². The molecule has 1 aromatic heterocycles. The first-order valence-corrected chi connectivity index (χ1v) is 6.77. The van der Waals surface area contributed by atoms with Gasteiger partial charge in [-0.2, -0.15) is 0 Å². The molecule has 1 aliphatic rings. The smallest absolute Gasteiger partial charge is 0.326 e. The van der Waals surface area contributed by atoms with E-state index in [1.54, 1.807) is 0 Å². The molecule has 0 spiro atoms. The second-order valence-electron chi connectivity index (χ2n) is 4.47. The van der Waals surface area contributed by atoms with Gasteiger partial charge in [0.2, 0.25) is 0 Å². The maximum Gasteiger partial charge on any atom is 0.326 e. The van der Waals surface area contributed by atoms with E-state index in [4.69, 9.17) is 0 Å². The van der Waals surface area contributed by atoms with Gasteiger partial charge in [0.1, 0.15) is 10.9 Å². The average Bonchev–Trinajstić information content (AvgIpc) is 2.90. The van der Waals surface area contributed by atoms with Crippen LogP contribution in [0.25, 0.3) is 0 Å². The number of aliphatic carboxylic acids is 1. The standard InChI is InChI=1S/C11H15N3O3S/c15-10(8-6-12-14-18-8)13-9(11(16)17)7-4-2-1-3-5-7/h6-7,9H,1-5H2,(H,13,15)(H,16,17). The van der Waals surface area contributed by atoms with Crippen molar-refractivity contribution in [3.05, 3.63) is 11.1 Å². The Morgan fingerprint density at radius 1 is 1.39 bits per heavy atom. The number of nitrogens with zero attached hydrogens (tertiary/aromatic N) is 2. The highest BCUT2D eigenvalue weighted by molar-refractivity contribution is 7.07. The number of carboxylic acid groups (broad SMARTS) is 1. The molecule has 98 valence electrons. The van der Waals surface area contributed by atoms with E-state index in [2.05, 4.69) is 14.9 Å². The van der Waals surface area contributed by atoms with Crippen LogP contribution >= 0.6 is 11.5 Å². The van der Waals surface area contributed by atoms with Gasteiger partial charge in [-0.3, -0.25) is 4.79 Å². The predicted molar refractivity (Wildman–Crippen MR) is 65.4 cm³/mol. The molecule has 1 aromatic rings. The summed E-state index contributed by atoms with van der Waals surface area (Å²) in [6.07, 6.45) is 6.28. The van der Waals surface area contributed by atoms with Crippen molar-refractivity contribution in [3.8, 4) is 0 Å². The molecule has 0 aliphatic heterocycles. The maximum absolute atomic E-state index is 11.8. The second kappa shape index (κ2) is 5.90. The van der Waals surface area contributed by atoms with E-state index in [9.17, 15) is 14.7 Å². The van der Waals surface area contributed by atoms with Gasteiger partial charge >= 0.3 is 5.97 Å². The van der Waals surface area contributed by atoms with Gasteiger partial charge in [-0.25, -0.2) is 4.79 Å². The summed E-state index contributed by atoms with van der Waals surface area (Å²) < 4.78 is 3.59. The molecule has 7 heteroatoms. The molecule has 1 amide bonds. The van der Waals surface area contributed by atoms with Crippen molar-refractivity contribution >= 4 is 23.4 Å². The van der Waals surface area contributed by atoms with Crippen molar-refractivity contribution in [2.75, 3.05) is 0 Å². The van der Waals surface area contributed by atoms with Crippen LogP contribution in [0.5, 0.6) is 0 Å². The van der Waals surface area contributed by atoms with E-state index >= 15 is 0 Å². The normalized spacial score (nSPS) is 18.2. The summed E-state index contributed by atoms with van der Waals surface area (Å²) in [4.78, 5) is 23.4. The third kappa shape index (κ3) is 3.04. The first-order valence-electron chi connectivity index (χ1n) is 5.99. The van der Waals surface area contributed by atoms with Gasteiger partial charge in [-0.15, -0.1) is 5.10 Å². The molecule has 6 nitrogen and oxygen atoms in total. The fourth-order valence-electron chi connectivity index (χ4n) is 2.33. The highest BCUT2D eigenvalue weighted by Crippen LogP contribution is 2.26. The molecule has 0 radical (unpaired) electrons. The lowest BCUT2D eigenvalue weighted by molar-refractivity contribution is -0.141. The number of carbonyl (C=O) groups is 2. The van der Waals surface area contributed by atoms with E-state index in [1.165, 1.54) is 6.20 Å². The van der Waals surface area contributed by atoms with Crippen LogP contribution in [0.4, 0.5) is 0 Å². The highest BCUT2D eigenvalue weighted by atomic mass is 32.1.